The first kappa shape index (κ1) is 13.4. The summed E-state index contributed by atoms with van der Waals surface area (Å²) in [5, 5.41) is 12.7. The Morgan fingerprint density at radius 1 is 1.50 bits per heavy atom. The van der Waals surface area contributed by atoms with Gasteiger partial charge in [0.1, 0.15) is 4.60 Å². The fourth-order valence-corrected chi connectivity index (χ4v) is 1.97. The fourth-order valence-electron chi connectivity index (χ4n) is 1.67. The van der Waals surface area contributed by atoms with Crippen LogP contribution < -0.4 is 5.32 Å². The van der Waals surface area contributed by atoms with Crippen molar-refractivity contribution < 1.29 is 9.84 Å². The molecule has 2 N–H and O–H groups in total. The van der Waals surface area contributed by atoms with Crippen molar-refractivity contribution >= 4 is 21.6 Å². The van der Waals surface area contributed by atoms with E-state index in [9.17, 15) is 5.11 Å². The van der Waals surface area contributed by atoms with Crippen LogP contribution in [-0.4, -0.2) is 45.8 Å². The highest BCUT2D eigenvalue weighted by Gasteiger charge is 2.06. The summed E-state index contributed by atoms with van der Waals surface area (Å²) in [6, 6.07) is 0. The van der Waals surface area contributed by atoms with Gasteiger partial charge in [0.15, 0.2) is 5.65 Å². The Labute approximate surface area is 113 Å². The van der Waals surface area contributed by atoms with E-state index in [1.807, 2.05) is 10.6 Å². The van der Waals surface area contributed by atoms with E-state index < -0.39 is 6.10 Å². The highest BCUT2D eigenvalue weighted by atomic mass is 79.9. The van der Waals surface area contributed by atoms with Crippen LogP contribution in [0.2, 0.25) is 0 Å². The van der Waals surface area contributed by atoms with Gasteiger partial charge in [-0.05, 0) is 15.9 Å². The topological polar surface area (TPSA) is 71.7 Å². The van der Waals surface area contributed by atoms with E-state index in [2.05, 4.69) is 31.2 Å². The van der Waals surface area contributed by atoms with Crippen LogP contribution in [0.4, 0.5) is 0 Å². The number of rotatable bonds is 6. The van der Waals surface area contributed by atoms with Crippen LogP contribution in [0.1, 0.15) is 5.69 Å². The zero-order valence-corrected chi connectivity index (χ0v) is 11.6. The number of hydrogen-bond acceptors (Lipinski definition) is 5. The van der Waals surface area contributed by atoms with Gasteiger partial charge in [0, 0.05) is 26.4 Å². The maximum absolute atomic E-state index is 9.51. The van der Waals surface area contributed by atoms with Crippen LogP contribution in [-0.2, 0) is 11.3 Å². The van der Waals surface area contributed by atoms with E-state index >= 15 is 0 Å². The Morgan fingerprint density at radius 2 is 2.33 bits per heavy atom. The molecule has 2 heterocycles. The molecule has 2 rings (SSSR count). The van der Waals surface area contributed by atoms with Crippen LogP contribution >= 0.6 is 15.9 Å². The molecule has 2 aromatic heterocycles. The number of nitrogens with zero attached hydrogens (tertiary/aromatic N) is 3. The Morgan fingerprint density at radius 3 is 3.11 bits per heavy atom. The molecule has 1 unspecified atom stereocenters. The van der Waals surface area contributed by atoms with Crippen molar-refractivity contribution in [2.24, 2.45) is 0 Å². The van der Waals surface area contributed by atoms with Gasteiger partial charge < -0.3 is 15.2 Å². The third-order valence-electron chi connectivity index (χ3n) is 2.49. The van der Waals surface area contributed by atoms with Crippen LogP contribution in [0.5, 0.6) is 0 Å². The predicted molar refractivity (Wildman–Crippen MR) is 70.3 cm³/mol. The van der Waals surface area contributed by atoms with E-state index in [1.165, 1.54) is 0 Å². The highest BCUT2D eigenvalue weighted by Crippen LogP contribution is 2.10. The number of fused-ring (bicyclic) bond motifs is 1. The van der Waals surface area contributed by atoms with E-state index in [1.54, 1.807) is 19.5 Å². The maximum atomic E-state index is 9.51. The summed E-state index contributed by atoms with van der Waals surface area (Å²) >= 11 is 3.33. The number of imidazole rings is 1. The van der Waals surface area contributed by atoms with Gasteiger partial charge >= 0.3 is 0 Å². The molecule has 0 fully saturated rings. The Bertz CT molecular complexity index is 517. The van der Waals surface area contributed by atoms with E-state index in [0.29, 0.717) is 19.7 Å². The molecule has 0 aliphatic rings. The van der Waals surface area contributed by atoms with Gasteiger partial charge in [-0.25, -0.2) is 9.97 Å². The van der Waals surface area contributed by atoms with E-state index in [4.69, 9.17) is 4.74 Å². The first-order chi connectivity index (χ1) is 8.70. The summed E-state index contributed by atoms with van der Waals surface area (Å²) in [7, 11) is 1.57. The summed E-state index contributed by atoms with van der Waals surface area (Å²) < 4.78 is 7.56. The normalized spacial score (nSPS) is 13.1. The summed E-state index contributed by atoms with van der Waals surface area (Å²) in [6.45, 7) is 1.43. The smallest absolute Gasteiger partial charge is 0.155 e. The molecule has 0 aliphatic carbocycles. The molecule has 0 amide bonds. The van der Waals surface area contributed by atoms with Crippen LogP contribution in [0.25, 0.3) is 5.65 Å². The maximum Gasteiger partial charge on any atom is 0.155 e. The largest absolute Gasteiger partial charge is 0.389 e. The monoisotopic (exact) mass is 314 g/mol. The zero-order valence-electron chi connectivity index (χ0n) is 10.0. The minimum Gasteiger partial charge on any atom is -0.389 e. The SMILES string of the molecule is COCC(O)CNCc1cnc2cnc(Br)cn12. The van der Waals surface area contributed by atoms with Crippen molar-refractivity contribution in [2.45, 2.75) is 12.6 Å². The minimum absolute atomic E-state index is 0.329. The second kappa shape index (κ2) is 6.24. The lowest BCUT2D eigenvalue weighted by Gasteiger charge is -2.10. The number of aromatic nitrogens is 3. The third kappa shape index (κ3) is 3.26. The van der Waals surface area contributed by atoms with E-state index in [-0.39, 0.29) is 0 Å². The molecule has 0 bridgehead atoms. The minimum atomic E-state index is -0.498. The van der Waals surface area contributed by atoms with Crippen LogP contribution in [0, 0.1) is 0 Å². The molecule has 0 spiro atoms. The molecular weight excluding hydrogens is 300 g/mol. The lowest BCUT2D eigenvalue weighted by atomic mass is 10.3. The summed E-state index contributed by atoms with van der Waals surface area (Å²) in [5.41, 5.74) is 1.81. The van der Waals surface area contributed by atoms with Crippen molar-refractivity contribution in [1.29, 1.82) is 0 Å². The molecule has 0 radical (unpaired) electrons. The molecule has 0 aliphatic heterocycles. The zero-order chi connectivity index (χ0) is 13.0. The average Bonchev–Trinajstić information content (AvgIpc) is 2.72. The number of halogens is 1. The van der Waals surface area contributed by atoms with Crippen molar-refractivity contribution in [1.82, 2.24) is 19.7 Å². The van der Waals surface area contributed by atoms with Crippen molar-refractivity contribution in [3.63, 3.8) is 0 Å². The van der Waals surface area contributed by atoms with Crippen molar-refractivity contribution in [3.8, 4) is 0 Å². The average molecular weight is 315 g/mol. The number of hydrogen-bond donors (Lipinski definition) is 2. The highest BCUT2D eigenvalue weighted by molar-refractivity contribution is 9.10. The molecular formula is C11H15BrN4O2. The van der Waals surface area contributed by atoms with Gasteiger partial charge in [-0.3, -0.25) is 4.40 Å². The molecule has 6 nitrogen and oxygen atoms in total. The molecule has 0 saturated heterocycles. The summed E-state index contributed by atoms with van der Waals surface area (Å²) in [6.07, 6.45) is 4.86. The molecule has 0 aromatic carbocycles. The lowest BCUT2D eigenvalue weighted by molar-refractivity contribution is 0.0643. The predicted octanol–water partition coefficient (Wildman–Crippen LogP) is 0.589. The Kier molecular flexibility index (Phi) is 4.65. The van der Waals surface area contributed by atoms with Crippen molar-refractivity contribution in [2.75, 3.05) is 20.3 Å². The molecule has 1 atom stereocenters. The first-order valence-corrected chi connectivity index (χ1v) is 6.35. The number of aliphatic hydroxyl groups is 1. The van der Waals surface area contributed by atoms with Crippen molar-refractivity contribution in [3.05, 3.63) is 28.9 Å². The van der Waals surface area contributed by atoms with Gasteiger partial charge in [0.05, 0.1) is 30.8 Å². The number of methoxy groups -OCH3 is 1. The number of aliphatic hydroxyl groups excluding tert-OH is 1. The lowest BCUT2D eigenvalue weighted by Crippen LogP contribution is -2.30. The van der Waals surface area contributed by atoms with Gasteiger partial charge in [0.2, 0.25) is 0 Å². The standard InChI is InChI=1S/C11H15BrN4O2/c1-18-7-9(17)4-13-2-8-3-15-11-5-14-10(12)6-16(8)11/h3,5-6,9,13,17H,2,4,7H2,1H3. The van der Waals surface area contributed by atoms with Gasteiger partial charge in [-0.1, -0.05) is 0 Å². The molecule has 2 aromatic rings. The molecule has 7 heteroatoms. The second-order valence-electron chi connectivity index (χ2n) is 3.93. The third-order valence-corrected chi connectivity index (χ3v) is 2.90. The summed E-state index contributed by atoms with van der Waals surface area (Å²) in [4.78, 5) is 8.36. The summed E-state index contributed by atoms with van der Waals surface area (Å²) in [5.74, 6) is 0. The Balaban J connectivity index is 1.97. The number of ether oxygens (including phenoxy) is 1. The molecule has 0 saturated carbocycles. The second-order valence-corrected chi connectivity index (χ2v) is 4.74. The van der Waals surface area contributed by atoms with E-state index in [0.717, 1.165) is 15.9 Å². The van der Waals surface area contributed by atoms with Crippen LogP contribution in [0.3, 0.4) is 0 Å². The quantitative estimate of drug-likeness (QED) is 0.816. The Hall–Kier alpha value is -1.02. The number of nitrogens with one attached hydrogen (secondary N) is 1. The van der Waals surface area contributed by atoms with Gasteiger partial charge in [-0.15, -0.1) is 0 Å². The van der Waals surface area contributed by atoms with Gasteiger partial charge in [-0.2, -0.15) is 0 Å². The molecule has 98 valence electrons. The van der Waals surface area contributed by atoms with Gasteiger partial charge in [0.25, 0.3) is 0 Å². The first-order valence-electron chi connectivity index (χ1n) is 5.56. The fraction of sp³-hybridized carbons (Fsp3) is 0.455. The molecule has 18 heavy (non-hydrogen) atoms. The van der Waals surface area contributed by atoms with Crippen LogP contribution in [0.15, 0.2) is 23.2 Å².